The molecule has 0 unspecified atom stereocenters. The van der Waals surface area contributed by atoms with Gasteiger partial charge in [0.1, 0.15) is 5.02 Å². The summed E-state index contributed by atoms with van der Waals surface area (Å²) in [7, 11) is 0. The van der Waals surface area contributed by atoms with Crippen LogP contribution in [-0.4, -0.2) is 11.5 Å². The van der Waals surface area contributed by atoms with Gasteiger partial charge in [0.15, 0.2) is 0 Å². The zero-order valence-corrected chi connectivity index (χ0v) is 11.7. The van der Waals surface area contributed by atoms with Crippen molar-refractivity contribution >= 4 is 23.0 Å². The van der Waals surface area contributed by atoms with Crippen LogP contribution in [0.15, 0.2) is 18.2 Å². The normalized spacial score (nSPS) is 16.9. The van der Waals surface area contributed by atoms with E-state index in [2.05, 4.69) is 5.32 Å². The third kappa shape index (κ3) is 4.10. The Labute approximate surface area is 118 Å². The number of hydrogen-bond donors (Lipinski definition) is 1. The first-order valence-corrected chi connectivity index (χ1v) is 7.22. The summed E-state index contributed by atoms with van der Waals surface area (Å²) in [6, 6.07) is 4.81. The predicted molar refractivity (Wildman–Crippen MR) is 77.8 cm³/mol. The van der Waals surface area contributed by atoms with Crippen molar-refractivity contribution in [3.63, 3.8) is 0 Å². The molecule has 1 aliphatic rings. The van der Waals surface area contributed by atoms with Gasteiger partial charge in [-0.1, -0.05) is 37.3 Å². The molecule has 2 rings (SSSR count). The van der Waals surface area contributed by atoms with E-state index in [1.807, 2.05) is 0 Å². The number of nitro benzene ring substituents is 1. The van der Waals surface area contributed by atoms with Crippen LogP contribution in [-0.2, 0) is 0 Å². The maximum Gasteiger partial charge on any atom is 0.288 e. The molecule has 1 aliphatic carbocycles. The van der Waals surface area contributed by atoms with Crippen molar-refractivity contribution in [2.75, 3.05) is 11.9 Å². The number of anilines is 1. The standard InChI is InChI=1S/C14H19ClN2O2/c15-13-9-12(7-8-14(13)17(18)19)16-10-11-5-3-1-2-4-6-11/h7-9,11,16H,1-6,10H2. The highest BCUT2D eigenvalue weighted by molar-refractivity contribution is 6.32. The summed E-state index contributed by atoms with van der Waals surface area (Å²) in [5, 5.41) is 14.2. The van der Waals surface area contributed by atoms with Crippen molar-refractivity contribution in [2.45, 2.75) is 38.5 Å². The van der Waals surface area contributed by atoms with Crippen molar-refractivity contribution in [1.29, 1.82) is 0 Å². The monoisotopic (exact) mass is 282 g/mol. The summed E-state index contributed by atoms with van der Waals surface area (Å²) in [5.41, 5.74) is 0.821. The smallest absolute Gasteiger partial charge is 0.288 e. The Morgan fingerprint density at radius 2 is 1.95 bits per heavy atom. The highest BCUT2D eigenvalue weighted by Crippen LogP contribution is 2.28. The van der Waals surface area contributed by atoms with Gasteiger partial charge >= 0.3 is 0 Å². The Balaban J connectivity index is 1.92. The molecule has 1 N–H and O–H groups in total. The number of rotatable bonds is 4. The lowest BCUT2D eigenvalue weighted by Gasteiger charge is -2.15. The molecule has 104 valence electrons. The molecule has 4 nitrogen and oxygen atoms in total. The van der Waals surface area contributed by atoms with Crippen LogP contribution in [0.3, 0.4) is 0 Å². The number of nitrogens with zero attached hydrogens (tertiary/aromatic N) is 1. The lowest BCUT2D eigenvalue weighted by Crippen LogP contribution is -2.13. The fourth-order valence-electron chi connectivity index (χ4n) is 2.60. The topological polar surface area (TPSA) is 55.2 Å². The van der Waals surface area contributed by atoms with Gasteiger partial charge in [-0.25, -0.2) is 0 Å². The van der Waals surface area contributed by atoms with Gasteiger partial charge in [0.25, 0.3) is 5.69 Å². The van der Waals surface area contributed by atoms with Gasteiger partial charge in [0.05, 0.1) is 4.92 Å². The third-order valence-corrected chi connectivity index (χ3v) is 4.02. The highest BCUT2D eigenvalue weighted by Gasteiger charge is 2.14. The summed E-state index contributed by atoms with van der Waals surface area (Å²) in [4.78, 5) is 10.2. The molecular weight excluding hydrogens is 264 g/mol. The molecule has 1 fully saturated rings. The number of halogens is 1. The minimum absolute atomic E-state index is 0.0401. The average molecular weight is 283 g/mol. The number of benzene rings is 1. The first kappa shape index (κ1) is 14.1. The molecule has 5 heteroatoms. The van der Waals surface area contributed by atoms with Crippen molar-refractivity contribution in [3.05, 3.63) is 33.3 Å². The minimum atomic E-state index is -0.461. The molecule has 0 radical (unpaired) electrons. The molecule has 0 aliphatic heterocycles. The van der Waals surface area contributed by atoms with Gasteiger partial charge in [0.2, 0.25) is 0 Å². The highest BCUT2D eigenvalue weighted by atomic mass is 35.5. The number of nitrogens with one attached hydrogen (secondary N) is 1. The molecular formula is C14H19ClN2O2. The van der Waals surface area contributed by atoms with E-state index in [1.54, 1.807) is 12.1 Å². The molecule has 1 saturated carbocycles. The molecule has 0 atom stereocenters. The Hall–Kier alpha value is -1.29. The average Bonchev–Trinajstić information content (AvgIpc) is 2.64. The van der Waals surface area contributed by atoms with Crippen molar-refractivity contribution in [1.82, 2.24) is 0 Å². The lowest BCUT2D eigenvalue weighted by atomic mass is 10.0. The molecule has 0 heterocycles. The summed E-state index contributed by atoms with van der Waals surface area (Å²) in [6.07, 6.45) is 7.86. The Morgan fingerprint density at radius 1 is 1.26 bits per heavy atom. The van der Waals surface area contributed by atoms with E-state index in [1.165, 1.54) is 44.6 Å². The van der Waals surface area contributed by atoms with Gasteiger partial charge < -0.3 is 5.32 Å². The predicted octanol–water partition coefficient (Wildman–Crippen LogP) is 4.63. The zero-order chi connectivity index (χ0) is 13.7. The quantitative estimate of drug-likeness (QED) is 0.497. The van der Waals surface area contributed by atoms with Crippen LogP contribution in [0.5, 0.6) is 0 Å². The number of hydrogen-bond acceptors (Lipinski definition) is 3. The van der Waals surface area contributed by atoms with Crippen molar-refractivity contribution < 1.29 is 4.92 Å². The summed E-state index contributed by atoms with van der Waals surface area (Å²) >= 11 is 5.89. The second-order valence-corrected chi connectivity index (χ2v) is 5.57. The molecule has 19 heavy (non-hydrogen) atoms. The lowest BCUT2D eigenvalue weighted by molar-refractivity contribution is -0.384. The zero-order valence-electron chi connectivity index (χ0n) is 10.9. The van der Waals surface area contributed by atoms with Gasteiger partial charge in [-0.15, -0.1) is 0 Å². The second-order valence-electron chi connectivity index (χ2n) is 5.16. The van der Waals surface area contributed by atoms with Crippen LogP contribution in [0.1, 0.15) is 38.5 Å². The van der Waals surface area contributed by atoms with E-state index < -0.39 is 4.92 Å². The summed E-state index contributed by atoms with van der Waals surface area (Å²) in [6.45, 7) is 0.925. The fourth-order valence-corrected chi connectivity index (χ4v) is 2.84. The molecule has 1 aromatic carbocycles. The molecule has 0 saturated heterocycles. The molecule has 0 spiro atoms. The molecule has 0 bridgehead atoms. The van der Waals surface area contributed by atoms with Gasteiger partial charge in [0, 0.05) is 18.3 Å². The van der Waals surface area contributed by atoms with Crippen LogP contribution >= 0.6 is 11.6 Å². The van der Waals surface area contributed by atoms with E-state index in [4.69, 9.17) is 11.6 Å². The van der Waals surface area contributed by atoms with Crippen LogP contribution in [0.2, 0.25) is 5.02 Å². The Bertz CT molecular complexity index is 443. The Morgan fingerprint density at radius 3 is 2.53 bits per heavy atom. The number of nitro groups is 1. The third-order valence-electron chi connectivity index (χ3n) is 3.71. The van der Waals surface area contributed by atoms with E-state index >= 15 is 0 Å². The van der Waals surface area contributed by atoms with E-state index in [9.17, 15) is 10.1 Å². The molecule has 0 aromatic heterocycles. The second kappa shape index (κ2) is 6.75. The van der Waals surface area contributed by atoms with Crippen molar-refractivity contribution in [3.8, 4) is 0 Å². The van der Waals surface area contributed by atoms with E-state index in [0.717, 1.165) is 12.2 Å². The van der Waals surface area contributed by atoms with Crippen LogP contribution < -0.4 is 5.32 Å². The minimum Gasteiger partial charge on any atom is -0.385 e. The van der Waals surface area contributed by atoms with Crippen LogP contribution in [0.25, 0.3) is 0 Å². The van der Waals surface area contributed by atoms with Crippen LogP contribution in [0.4, 0.5) is 11.4 Å². The Kier molecular flexibility index (Phi) is 5.02. The van der Waals surface area contributed by atoms with Gasteiger partial charge in [-0.3, -0.25) is 10.1 Å². The van der Waals surface area contributed by atoms with E-state index in [-0.39, 0.29) is 10.7 Å². The first-order chi connectivity index (χ1) is 9.16. The fraction of sp³-hybridized carbons (Fsp3) is 0.571. The molecule has 1 aromatic rings. The maximum absolute atomic E-state index is 10.7. The van der Waals surface area contributed by atoms with Gasteiger partial charge in [-0.2, -0.15) is 0 Å². The summed E-state index contributed by atoms with van der Waals surface area (Å²) in [5.74, 6) is 0.705. The molecule has 0 amide bonds. The van der Waals surface area contributed by atoms with Gasteiger partial charge in [-0.05, 0) is 30.9 Å². The summed E-state index contributed by atoms with van der Waals surface area (Å²) < 4.78 is 0. The maximum atomic E-state index is 10.7. The van der Waals surface area contributed by atoms with Crippen molar-refractivity contribution in [2.24, 2.45) is 5.92 Å². The van der Waals surface area contributed by atoms with Crippen LogP contribution in [0, 0.1) is 16.0 Å². The SMILES string of the molecule is O=[N+]([O-])c1ccc(NCC2CCCCCC2)cc1Cl. The largest absolute Gasteiger partial charge is 0.385 e. The van der Waals surface area contributed by atoms with E-state index in [0.29, 0.717) is 5.92 Å². The first-order valence-electron chi connectivity index (χ1n) is 6.84.